The number of fused-ring (bicyclic) bond motifs is 3. The highest BCUT2D eigenvalue weighted by Crippen LogP contribution is 2.52. The molecule has 6 aliphatic heterocycles. The molecule has 5 saturated heterocycles. The second-order valence-electron chi connectivity index (χ2n) is 23.3. The number of hydrogen-bond acceptors (Lipinski definition) is 11. The molecule has 0 radical (unpaired) electrons. The summed E-state index contributed by atoms with van der Waals surface area (Å²) in [6.07, 6.45) is 18.4. The number of nitrogens with zero attached hydrogens (tertiary/aromatic N) is 9. The molecule has 73 heavy (non-hydrogen) atoms. The van der Waals surface area contributed by atoms with E-state index in [1.54, 1.807) is 6.20 Å². The number of carbonyl (C=O) groups is 5. The SMILES string of the molecule is CC(C)n1cnc2cc(-c3ccc4c(c3)N(C3CC(N5CCCCC5)C3)C(=O)C43CCN(C(=O)C[C@@H]4CCCN(C(=O)CC5CCN(c6ccc(C7CCC(=O)NC7=O)cn6)CC5)C4)CC3)nc(NC3CC3)c21. The van der Waals surface area contributed by atoms with Gasteiger partial charge in [0.2, 0.25) is 29.5 Å². The van der Waals surface area contributed by atoms with Gasteiger partial charge >= 0.3 is 0 Å². The Hall–Kier alpha value is -5.90. The quantitative estimate of drug-likeness (QED) is 0.136. The second kappa shape index (κ2) is 19.7. The van der Waals surface area contributed by atoms with Crippen LogP contribution in [0.5, 0.6) is 0 Å². The lowest BCUT2D eigenvalue weighted by molar-refractivity contribution is -0.139. The highest BCUT2D eigenvalue weighted by Gasteiger charge is 2.56. The number of hydrogen-bond donors (Lipinski definition) is 2. The Morgan fingerprint density at radius 2 is 1.55 bits per heavy atom. The molecule has 2 atom stereocenters. The minimum atomic E-state index is -0.671. The molecule has 9 heterocycles. The summed E-state index contributed by atoms with van der Waals surface area (Å²) in [6.45, 7) is 10.7. The number of benzene rings is 1. The van der Waals surface area contributed by atoms with Crippen molar-refractivity contribution in [3.63, 3.8) is 0 Å². The van der Waals surface area contributed by atoms with Crippen LogP contribution in [0.2, 0.25) is 0 Å². The van der Waals surface area contributed by atoms with E-state index in [2.05, 4.69) is 73.0 Å². The first-order valence-electron chi connectivity index (χ1n) is 27.9. The van der Waals surface area contributed by atoms with Crippen LogP contribution < -0.4 is 20.4 Å². The van der Waals surface area contributed by atoms with Crippen molar-refractivity contribution < 1.29 is 24.0 Å². The standard InChI is InChI=1S/C57H73N11O5/c1-36(2)67-35-59-47-32-46(61-54(53(47)67)60-41-10-11-41)39-8-13-45-48(29-39)68(43-30-42(31-43)63-20-4-3-5-21-63)56(73)57(45)18-25-65(26-19-57)51(70)28-38-7-6-22-66(34-38)52(71)27-37-16-23-64(24-17-37)49-14-9-40(33-58-49)44-12-15-50(69)62-55(44)72/h8-9,13-14,29,32-33,35-38,41-44H,3-7,10-12,15-28,30-31,34H2,1-2H3,(H,60,61)(H,62,69,72)/t38-,42?,43?,44?/m0/s1. The Morgan fingerprint density at radius 3 is 2.27 bits per heavy atom. The molecule has 3 aromatic heterocycles. The number of aromatic nitrogens is 4. The predicted octanol–water partition coefficient (Wildman–Crippen LogP) is 7.33. The molecule has 0 bridgehead atoms. The second-order valence-corrected chi connectivity index (χ2v) is 23.3. The van der Waals surface area contributed by atoms with E-state index in [4.69, 9.17) is 9.97 Å². The maximum absolute atomic E-state index is 15.2. The molecule has 4 aromatic rings. The zero-order valence-electron chi connectivity index (χ0n) is 42.9. The van der Waals surface area contributed by atoms with Gasteiger partial charge in [-0.25, -0.2) is 15.0 Å². The highest BCUT2D eigenvalue weighted by atomic mass is 16.2. The summed E-state index contributed by atoms with van der Waals surface area (Å²) in [6, 6.07) is 13.9. The van der Waals surface area contributed by atoms with Gasteiger partial charge < -0.3 is 34.4 Å². The summed E-state index contributed by atoms with van der Waals surface area (Å²) >= 11 is 0. The van der Waals surface area contributed by atoms with Gasteiger partial charge in [0.15, 0.2) is 5.82 Å². The summed E-state index contributed by atoms with van der Waals surface area (Å²) in [7, 11) is 0. The lowest BCUT2D eigenvalue weighted by Crippen LogP contribution is -2.58. The number of imide groups is 1. The maximum atomic E-state index is 15.2. The highest BCUT2D eigenvalue weighted by molar-refractivity contribution is 6.09. The lowest BCUT2D eigenvalue weighted by atomic mass is 9.73. The van der Waals surface area contributed by atoms with Crippen molar-refractivity contribution in [3.05, 3.63) is 60.0 Å². The van der Waals surface area contributed by atoms with Gasteiger partial charge in [0.25, 0.3) is 0 Å². The Bertz CT molecular complexity index is 2760. The third-order valence-corrected chi connectivity index (χ3v) is 18.2. The van der Waals surface area contributed by atoms with E-state index in [1.165, 1.54) is 19.3 Å². The molecule has 12 rings (SSSR count). The van der Waals surface area contributed by atoms with Crippen LogP contribution in [-0.2, 0) is 29.4 Å². The van der Waals surface area contributed by atoms with E-state index in [0.29, 0.717) is 76.2 Å². The van der Waals surface area contributed by atoms with Crippen LogP contribution in [0, 0.1) is 11.8 Å². The van der Waals surface area contributed by atoms with Crippen molar-refractivity contribution in [2.24, 2.45) is 11.8 Å². The molecular formula is C57H73N11O5. The zero-order valence-corrected chi connectivity index (χ0v) is 42.9. The average molecular weight is 992 g/mol. The van der Waals surface area contributed by atoms with E-state index < -0.39 is 5.41 Å². The maximum Gasteiger partial charge on any atom is 0.238 e. The number of carbonyl (C=O) groups excluding carboxylic acids is 5. The summed E-state index contributed by atoms with van der Waals surface area (Å²) in [5, 5.41) is 6.14. The van der Waals surface area contributed by atoms with Gasteiger partial charge in [0, 0.05) is 100 Å². The van der Waals surface area contributed by atoms with Gasteiger partial charge in [-0.3, -0.25) is 29.3 Å². The number of piperidine rings is 5. The van der Waals surface area contributed by atoms with Crippen LogP contribution in [0.25, 0.3) is 22.3 Å². The van der Waals surface area contributed by atoms with Crippen molar-refractivity contribution in [3.8, 4) is 11.3 Å². The van der Waals surface area contributed by atoms with Crippen LogP contribution in [0.4, 0.5) is 17.3 Å². The van der Waals surface area contributed by atoms with Crippen LogP contribution in [-0.4, -0.2) is 134 Å². The fraction of sp³-hybridized carbons (Fsp3) is 0.614. The minimum absolute atomic E-state index is 0.123. The smallest absolute Gasteiger partial charge is 0.238 e. The van der Waals surface area contributed by atoms with Crippen molar-refractivity contribution in [2.45, 2.75) is 159 Å². The van der Waals surface area contributed by atoms with Crippen molar-refractivity contribution in [1.82, 2.24) is 39.5 Å². The summed E-state index contributed by atoms with van der Waals surface area (Å²) < 4.78 is 2.20. The Kier molecular flexibility index (Phi) is 13.0. The first-order valence-corrected chi connectivity index (χ1v) is 27.9. The van der Waals surface area contributed by atoms with E-state index in [9.17, 15) is 19.2 Å². The van der Waals surface area contributed by atoms with E-state index >= 15 is 4.79 Å². The summed E-state index contributed by atoms with van der Waals surface area (Å²) in [5.74, 6) is 1.86. The zero-order chi connectivity index (χ0) is 50.0. The Balaban J connectivity index is 0.683. The molecule has 1 spiro atoms. The summed E-state index contributed by atoms with van der Waals surface area (Å²) in [4.78, 5) is 93.1. The van der Waals surface area contributed by atoms with E-state index in [-0.39, 0.29) is 53.5 Å². The van der Waals surface area contributed by atoms with Crippen LogP contribution in [0.15, 0.2) is 48.9 Å². The third-order valence-electron chi connectivity index (χ3n) is 18.2. The first kappa shape index (κ1) is 48.1. The van der Waals surface area contributed by atoms with Crippen LogP contribution in [0.3, 0.4) is 0 Å². The van der Waals surface area contributed by atoms with Crippen LogP contribution in [0.1, 0.15) is 146 Å². The molecular weight excluding hydrogens is 919 g/mol. The number of rotatable bonds is 12. The molecule has 386 valence electrons. The van der Waals surface area contributed by atoms with Gasteiger partial charge in [0.05, 0.1) is 28.9 Å². The molecule has 2 aliphatic carbocycles. The molecule has 2 saturated carbocycles. The number of nitrogens with one attached hydrogen (secondary N) is 2. The van der Waals surface area contributed by atoms with Gasteiger partial charge in [0.1, 0.15) is 11.3 Å². The molecule has 16 nitrogen and oxygen atoms in total. The molecule has 5 amide bonds. The monoisotopic (exact) mass is 992 g/mol. The Morgan fingerprint density at radius 1 is 0.781 bits per heavy atom. The fourth-order valence-corrected chi connectivity index (χ4v) is 13.6. The lowest BCUT2D eigenvalue weighted by Gasteiger charge is -2.48. The molecule has 2 N–H and O–H groups in total. The van der Waals surface area contributed by atoms with Gasteiger partial charge in [-0.2, -0.15) is 0 Å². The van der Waals surface area contributed by atoms with E-state index in [0.717, 1.165) is 135 Å². The molecule has 8 aliphatic rings. The fourth-order valence-electron chi connectivity index (χ4n) is 13.6. The third kappa shape index (κ3) is 9.39. The molecule has 1 unspecified atom stereocenters. The number of anilines is 3. The van der Waals surface area contributed by atoms with Crippen molar-refractivity contribution in [2.75, 3.05) is 67.5 Å². The molecule has 7 fully saturated rings. The normalized spacial score (nSPS) is 25.9. The average Bonchev–Trinajstić information content (AvgIpc) is 4.05. The van der Waals surface area contributed by atoms with Gasteiger partial charge in [-0.05, 0) is 152 Å². The summed E-state index contributed by atoms with van der Waals surface area (Å²) in [5.41, 5.74) is 6.07. The predicted molar refractivity (Wildman–Crippen MR) is 280 cm³/mol. The number of pyridine rings is 2. The van der Waals surface area contributed by atoms with Crippen molar-refractivity contribution >= 4 is 57.9 Å². The Labute approximate surface area is 429 Å². The number of likely N-dealkylation sites (tertiary alicyclic amines) is 3. The first-order chi connectivity index (χ1) is 35.5. The van der Waals surface area contributed by atoms with Gasteiger partial charge in [-0.15, -0.1) is 0 Å². The van der Waals surface area contributed by atoms with Gasteiger partial charge in [-0.1, -0.05) is 24.6 Å². The topological polar surface area (TPSA) is 169 Å². The number of imidazole rings is 1. The minimum Gasteiger partial charge on any atom is -0.366 e. The largest absolute Gasteiger partial charge is 0.366 e. The molecule has 16 heteroatoms. The van der Waals surface area contributed by atoms with Crippen molar-refractivity contribution in [1.29, 1.82) is 0 Å². The number of amides is 5. The molecule has 1 aromatic carbocycles. The van der Waals surface area contributed by atoms with E-state index in [1.807, 2.05) is 28.3 Å². The van der Waals surface area contributed by atoms with Crippen LogP contribution >= 0.6 is 0 Å².